The average Bonchev–Trinajstić information content (AvgIpc) is 3.42. The number of piperidine rings is 1. The lowest BCUT2D eigenvalue weighted by Crippen LogP contribution is -2.38. The first-order valence-corrected chi connectivity index (χ1v) is 13.5. The maximum atomic E-state index is 12.0. The maximum Gasteiger partial charge on any atom is 0.322 e. The molecule has 1 fully saturated rings. The second-order valence-electron chi connectivity index (χ2n) is 9.74. The van der Waals surface area contributed by atoms with Crippen molar-refractivity contribution in [1.82, 2.24) is 30.0 Å². The van der Waals surface area contributed by atoms with Gasteiger partial charge >= 0.3 is 5.97 Å². The molecule has 3 heterocycles. The third-order valence-electron chi connectivity index (χ3n) is 6.84. The Bertz CT molecular complexity index is 1370. The smallest absolute Gasteiger partial charge is 0.322 e. The van der Waals surface area contributed by atoms with Crippen LogP contribution in [0.1, 0.15) is 47.1 Å². The van der Waals surface area contributed by atoms with Gasteiger partial charge in [0.05, 0.1) is 6.10 Å². The molecule has 11 heteroatoms. The van der Waals surface area contributed by atoms with Crippen molar-refractivity contribution in [3.8, 4) is 0 Å². The molecule has 3 N–H and O–H groups in total. The van der Waals surface area contributed by atoms with Crippen LogP contribution in [0.5, 0.6) is 0 Å². The number of carboxylic acids is 1. The van der Waals surface area contributed by atoms with Crippen molar-refractivity contribution < 1.29 is 19.4 Å². The lowest BCUT2D eigenvalue weighted by Gasteiger charge is -2.34. The number of benzene rings is 2. The fourth-order valence-electron chi connectivity index (χ4n) is 4.79. The van der Waals surface area contributed by atoms with Crippen LogP contribution in [0.25, 0.3) is 5.65 Å². The fourth-order valence-corrected chi connectivity index (χ4v) is 4.79. The van der Waals surface area contributed by atoms with Gasteiger partial charge in [-0.3, -0.25) is 9.59 Å². The number of carboxylic acid groups (broad SMARTS) is 1. The number of aromatic nitrogens is 4. The van der Waals surface area contributed by atoms with Crippen LogP contribution >= 0.6 is 0 Å². The van der Waals surface area contributed by atoms with Crippen molar-refractivity contribution >= 4 is 23.3 Å². The SMILES string of the molecule is O=C(O)CNC(=O)c1nc2ccc(NCCCN3CCC(OC(c4ccccc4)c4ccccc4)CC3)nn2n1. The highest BCUT2D eigenvalue weighted by Crippen LogP contribution is 2.30. The second-order valence-corrected chi connectivity index (χ2v) is 9.74. The summed E-state index contributed by atoms with van der Waals surface area (Å²) in [4.78, 5) is 29.2. The summed E-state index contributed by atoms with van der Waals surface area (Å²) in [5.41, 5.74) is 2.76. The number of likely N-dealkylation sites (tertiary alicyclic amines) is 1. The van der Waals surface area contributed by atoms with Gasteiger partial charge in [-0.2, -0.15) is 0 Å². The van der Waals surface area contributed by atoms with E-state index >= 15 is 0 Å². The molecule has 4 aromatic rings. The van der Waals surface area contributed by atoms with E-state index in [0.717, 1.165) is 45.4 Å². The zero-order chi connectivity index (χ0) is 27.7. The highest BCUT2D eigenvalue weighted by Gasteiger charge is 2.24. The molecular formula is C29H33N7O4. The van der Waals surface area contributed by atoms with Gasteiger partial charge in [0.25, 0.3) is 5.91 Å². The van der Waals surface area contributed by atoms with Crippen LogP contribution < -0.4 is 10.6 Å². The van der Waals surface area contributed by atoms with E-state index in [1.807, 2.05) is 12.1 Å². The van der Waals surface area contributed by atoms with Crippen LogP contribution in [-0.4, -0.2) is 80.5 Å². The standard InChI is InChI=1S/C29H33N7O4/c37-26(38)20-31-29(39)28-32-25-13-12-24(33-36(25)34-28)30-16-7-17-35-18-14-23(15-19-35)40-27(21-8-3-1-4-9-21)22-10-5-2-6-11-22/h1-6,8-13,23,27H,7,14-20H2,(H,30,33)(H,31,39)(H,37,38). The number of anilines is 1. The highest BCUT2D eigenvalue weighted by molar-refractivity contribution is 5.92. The van der Waals surface area contributed by atoms with E-state index in [2.05, 4.69) is 79.2 Å². The minimum absolute atomic E-state index is 0.0619. The van der Waals surface area contributed by atoms with E-state index in [4.69, 9.17) is 9.84 Å². The first kappa shape index (κ1) is 27.2. The lowest BCUT2D eigenvalue weighted by molar-refractivity contribution is -0.135. The van der Waals surface area contributed by atoms with Crippen LogP contribution in [-0.2, 0) is 9.53 Å². The summed E-state index contributed by atoms with van der Waals surface area (Å²) in [5, 5.41) is 22.6. The summed E-state index contributed by atoms with van der Waals surface area (Å²) in [7, 11) is 0. The first-order valence-electron chi connectivity index (χ1n) is 13.5. The number of fused-ring (bicyclic) bond motifs is 1. The summed E-state index contributed by atoms with van der Waals surface area (Å²) >= 11 is 0. The second kappa shape index (κ2) is 13.1. The van der Waals surface area contributed by atoms with E-state index in [9.17, 15) is 9.59 Å². The maximum absolute atomic E-state index is 12.0. The van der Waals surface area contributed by atoms with Gasteiger partial charge in [0.2, 0.25) is 5.82 Å². The van der Waals surface area contributed by atoms with E-state index in [-0.39, 0.29) is 18.0 Å². The minimum atomic E-state index is -1.14. The van der Waals surface area contributed by atoms with Crippen LogP contribution in [0.2, 0.25) is 0 Å². The number of amides is 1. The Morgan fingerprint density at radius 3 is 2.27 bits per heavy atom. The highest BCUT2D eigenvalue weighted by atomic mass is 16.5. The molecule has 0 saturated carbocycles. The summed E-state index contributed by atoms with van der Waals surface area (Å²) in [6.45, 7) is 3.20. The Kier molecular flexibility index (Phi) is 8.94. The van der Waals surface area contributed by atoms with Crippen molar-refractivity contribution in [3.05, 3.63) is 89.7 Å². The average molecular weight is 544 g/mol. The van der Waals surface area contributed by atoms with Crippen LogP contribution in [0.15, 0.2) is 72.8 Å². The quantitative estimate of drug-likeness (QED) is 0.231. The number of nitrogens with zero attached hydrogens (tertiary/aromatic N) is 5. The zero-order valence-corrected chi connectivity index (χ0v) is 22.1. The molecule has 1 aliphatic rings. The number of nitrogens with one attached hydrogen (secondary N) is 2. The van der Waals surface area contributed by atoms with Crippen molar-refractivity contribution in [2.24, 2.45) is 0 Å². The molecule has 0 bridgehead atoms. The molecule has 0 aliphatic carbocycles. The van der Waals surface area contributed by atoms with E-state index in [1.54, 1.807) is 12.1 Å². The Hall–Kier alpha value is -4.35. The number of rotatable bonds is 12. The largest absolute Gasteiger partial charge is 0.480 e. The normalized spacial score (nSPS) is 14.4. The summed E-state index contributed by atoms with van der Waals surface area (Å²) < 4.78 is 7.92. The number of hydrogen-bond donors (Lipinski definition) is 3. The van der Waals surface area contributed by atoms with Crippen LogP contribution in [0.4, 0.5) is 5.82 Å². The lowest BCUT2D eigenvalue weighted by atomic mass is 10.00. The molecule has 5 rings (SSSR count). The van der Waals surface area contributed by atoms with Gasteiger partial charge in [0, 0.05) is 19.6 Å². The Balaban J connectivity index is 1.06. The topological polar surface area (TPSA) is 134 Å². The number of carbonyl (C=O) groups is 2. The van der Waals surface area contributed by atoms with Crippen molar-refractivity contribution in [1.29, 1.82) is 0 Å². The number of ether oxygens (including phenoxy) is 1. The van der Waals surface area contributed by atoms with Crippen molar-refractivity contribution in [2.75, 3.05) is 38.0 Å². The molecular weight excluding hydrogens is 510 g/mol. The molecule has 2 aromatic carbocycles. The molecule has 1 saturated heterocycles. The van der Waals surface area contributed by atoms with Gasteiger partial charge in [-0.1, -0.05) is 60.7 Å². The molecule has 1 amide bonds. The molecule has 208 valence electrons. The van der Waals surface area contributed by atoms with Crippen molar-refractivity contribution in [2.45, 2.75) is 31.5 Å². The summed E-state index contributed by atoms with van der Waals surface area (Å²) in [6.07, 6.45) is 3.09. The number of aliphatic carboxylic acids is 1. The third-order valence-corrected chi connectivity index (χ3v) is 6.84. The molecule has 0 spiro atoms. The molecule has 0 unspecified atom stereocenters. The molecule has 40 heavy (non-hydrogen) atoms. The number of hydrogen-bond acceptors (Lipinski definition) is 8. The van der Waals surface area contributed by atoms with Crippen LogP contribution in [0.3, 0.4) is 0 Å². The third kappa shape index (κ3) is 7.19. The first-order chi connectivity index (χ1) is 19.5. The fraction of sp³-hybridized carbons (Fsp3) is 0.345. The molecule has 0 atom stereocenters. The van der Waals surface area contributed by atoms with Gasteiger partial charge in [-0.05, 0) is 49.1 Å². The molecule has 0 radical (unpaired) electrons. The van der Waals surface area contributed by atoms with Crippen molar-refractivity contribution in [3.63, 3.8) is 0 Å². The van der Waals surface area contributed by atoms with Gasteiger partial charge in [-0.25, -0.2) is 4.98 Å². The van der Waals surface area contributed by atoms with Gasteiger partial charge in [-0.15, -0.1) is 14.8 Å². The molecule has 1 aliphatic heterocycles. The van der Waals surface area contributed by atoms with Gasteiger partial charge in [0.15, 0.2) is 5.65 Å². The van der Waals surface area contributed by atoms with Crippen LogP contribution in [0, 0.1) is 0 Å². The minimum Gasteiger partial charge on any atom is -0.480 e. The number of carbonyl (C=O) groups excluding carboxylic acids is 1. The Labute approximate surface area is 232 Å². The van der Waals surface area contributed by atoms with E-state index in [0.29, 0.717) is 11.5 Å². The zero-order valence-electron chi connectivity index (χ0n) is 22.1. The predicted octanol–water partition coefficient (Wildman–Crippen LogP) is 3.01. The van der Waals surface area contributed by atoms with E-state index in [1.165, 1.54) is 15.8 Å². The summed E-state index contributed by atoms with van der Waals surface area (Å²) in [6, 6.07) is 24.3. The predicted molar refractivity (Wildman–Crippen MR) is 149 cm³/mol. The molecule has 2 aromatic heterocycles. The van der Waals surface area contributed by atoms with Gasteiger partial charge in [0.1, 0.15) is 18.5 Å². The van der Waals surface area contributed by atoms with Gasteiger partial charge < -0.3 is 25.4 Å². The van der Waals surface area contributed by atoms with E-state index < -0.39 is 18.4 Å². The molecule has 11 nitrogen and oxygen atoms in total. The Morgan fingerprint density at radius 1 is 0.950 bits per heavy atom. The summed E-state index contributed by atoms with van der Waals surface area (Å²) in [5.74, 6) is -1.31. The monoisotopic (exact) mass is 543 g/mol. The Morgan fingerprint density at radius 2 is 1.62 bits per heavy atom.